The molecule has 3 heterocycles. The van der Waals surface area contributed by atoms with Crippen molar-refractivity contribution in [3.63, 3.8) is 0 Å². The number of amides is 2. The number of benzene rings is 2. The van der Waals surface area contributed by atoms with Crippen molar-refractivity contribution in [2.24, 2.45) is 0 Å². The molecule has 0 bridgehead atoms. The van der Waals surface area contributed by atoms with E-state index in [1.54, 1.807) is 19.4 Å². The summed E-state index contributed by atoms with van der Waals surface area (Å²) in [5.41, 5.74) is 3.21. The molecule has 0 spiro atoms. The minimum absolute atomic E-state index is 0.203. The third kappa shape index (κ3) is 5.89. The number of nitrogens with zero attached hydrogens (tertiary/aromatic N) is 3. The number of aliphatic hydroxyl groups excluding tert-OH is 1. The van der Waals surface area contributed by atoms with Gasteiger partial charge in [0.2, 0.25) is 11.9 Å². The van der Waals surface area contributed by atoms with E-state index in [9.17, 15) is 14.7 Å². The molecule has 0 radical (unpaired) electrons. The molecule has 2 amide bonds. The van der Waals surface area contributed by atoms with Crippen LogP contribution in [-0.4, -0.2) is 70.8 Å². The van der Waals surface area contributed by atoms with Crippen LogP contribution >= 0.6 is 11.6 Å². The molecule has 0 saturated carbocycles. The lowest BCUT2D eigenvalue weighted by Gasteiger charge is -2.27. The van der Waals surface area contributed by atoms with Crippen LogP contribution in [0.2, 0.25) is 5.02 Å². The first-order valence-corrected chi connectivity index (χ1v) is 13.6. The van der Waals surface area contributed by atoms with Gasteiger partial charge in [-0.2, -0.15) is 0 Å². The van der Waals surface area contributed by atoms with Gasteiger partial charge in [-0.3, -0.25) is 9.59 Å². The topological polar surface area (TPSA) is 126 Å². The first kappa shape index (κ1) is 27.8. The molecular formula is C29H32ClN5O5. The summed E-state index contributed by atoms with van der Waals surface area (Å²) < 4.78 is 10.7. The van der Waals surface area contributed by atoms with E-state index in [1.807, 2.05) is 43.3 Å². The van der Waals surface area contributed by atoms with Crippen molar-refractivity contribution in [3.8, 4) is 17.0 Å². The van der Waals surface area contributed by atoms with E-state index in [0.717, 1.165) is 24.0 Å². The molecule has 2 atom stereocenters. The monoisotopic (exact) mass is 565 g/mol. The standard InChI is InChI=1S/C29H32ClN5O5/c1-17(18-4-3-5-22(12-18)39-2)32-27(37)25(16-36)35-15-20-7-6-19(13-23(20)28(35)38)26-24(30)14-31-29(34-26)33-21-8-10-40-11-9-21/h3-7,12-14,17,21,25,36H,8-11,15-16H2,1-2H3,(H,32,37)(H,31,33,34)/t17-,25-/m1/s1. The van der Waals surface area contributed by atoms with Crippen molar-refractivity contribution >= 4 is 29.4 Å². The average molecular weight is 566 g/mol. The van der Waals surface area contributed by atoms with Crippen LogP contribution < -0.4 is 15.4 Å². The van der Waals surface area contributed by atoms with Crippen LogP contribution in [0.5, 0.6) is 5.75 Å². The van der Waals surface area contributed by atoms with E-state index in [4.69, 9.17) is 21.1 Å². The maximum Gasteiger partial charge on any atom is 0.255 e. The van der Waals surface area contributed by atoms with Crippen molar-refractivity contribution < 1.29 is 24.2 Å². The van der Waals surface area contributed by atoms with Gasteiger partial charge in [-0.15, -0.1) is 0 Å². The number of nitrogens with one attached hydrogen (secondary N) is 2. The predicted octanol–water partition coefficient (Wildman–Crippen LogP) is 3.59. The summed E-state index contributed by atoms with van der Waals surface area (Å²) in [5, 5.41) is 16.7. The number of aliphatic hydroxyl groups is 1. The molecule has 11 heteroatoms. The minimum atomic E-state index is -1.05. The third-order valence-electron chi connectivity index (χ3n) is 7.32. The smallest absolute Gasteiger partial charge is 0.255 e. The number of carbonyl (C=O) groups excluding carboxylic acids is 2. The van der Waals surface area contributed by atoms with E-state index in [2.05, 4.69) is 20.6 Å². The van der Waals surface area contributed by atoms with Crippen molar-refractivity contribution in [1.29, 1.82) is 0 Å². The molecule has 1 saturated heterocycles. The van der Waals surface area contributed by atoms with Crippen molar-refractivity contribution in [2.45, 2.75) is 44.4 Å². The molecule has 10 nitrogen and oxygen atoms in total. The molecule has 1 aromatic heterocycles. The number of ether oxygens (including phenoxy) is 2. The quantitative estimate of drug-likeness (QED) is 0.359. The van der Waals surface area contributed by atoms with Gasteiger partial charge >= 0.3 is 0 Å². The van der Waals surface area contributed by atoms with Crippen LogP contribution in [-0.2, 0) is 16.1 Å². The summed E-state index contributed by atoms with van der Waals surface area (Å²) in [5.74, 6) is 0.350. The molecular weight excluding hydrogens is 534 g/mol. The number of hydrogen-bond donors (Lipinski definition) is 3. The fourth-order valence-electron chi connectivity index (χ4n) is 5.01. The second kappa shape index (κ2) is 12.2. The Morgan fingerprint density at radius 1 is 1.25 bits per heavy atom. The predicted molar refractivity (Wildman–Crippen MR) is 150 cm³/mol. The Labute approximate surface area is 237 Å². The highest BCUT2D eigenvalue weighted by Gasteiger charge is 2.37. The largest absolute Gasteiger partial charge is 0.497 e. The molecule has 1 fully saturated rings. The first-order valence-electron chi connectivity index (χ1n) is 13.2. The lowest BCUT2D eigenvalue weighted by molar-refractivity contribution is -0.127. The van der Waals surface area contributed by atoms with Gasteiger partial charge in [0.25, 0.3) is 5.91 Å². The number of aromatic nitrogens is 2. The Hall–Kier alpha value is -3.73. The van der Waals surface area contributed by atoms with Crippen LogP contribution in [0.1, 0.15) is 47.3 Å². The summed E-state index contributed by atoms with van der Waals surface area (Å²) in [4.78, 5) is 37.0. The first-order chi connectivity index (χ1) is 19.4. The van der Waals surface area contributed by atoms with Gasteiger partial charge in [-0.1, -0.05) is 35.9 Å². The zero-order valence-corrected chi connectivity index (χ0v) is 23.1. The van der Waals surface area contributed by atoms with Gasteiger partial charge in [-0.05, 0) is 49.1 Å². The SMILES string of the molecule is COc1cccc([C@@H](C)NC(=O)[C@@H](CO)N2Cc3ccc(-c4nc(NC5CCOCC5)ncc4Cl)cc3C2=O)c1. The number of halogens is 1. The molecule has 3 N–H and O–H groups in total. The number of rotatable bonds is 9. The number of anilines is 1. The molecule has 2 aromatic carbocycles. The molecule has 40 heavy (non-hydrogen) atoms. The summed E-state index contributed by atoms with van der Waals surface area (Å²) in [6.45, 7) is 2.91. The minimum Gasteiger partial charge on any atom is -0.497 e. The fraction of sp³-hybridized carbons (Fsp3) is 0.379. The van der Waals surface area contributed by atoms with Gasteiger partial charge in [0.05, 0.1) is 36.7 Å². The van der Waals surface area contributed by atoms with Crippen molar-refractivity contribution in [3.05, 3.63) is 70.4 Å². The van der Waals surface area contributed by atoms with Crippen LogP contribution in [0.4, 0.5) is 5.95 Å². The average Bonchev–Trinajstić information content (AvgIpc) is 3.30. The van der Waals surface area contributed by atoms with Gasteiger partial charge < -0.3 is 30.1 Å². The Morgan fingerprint density at radius 3 is 2.80 bits per heavy atom. The highest BCUT2D eigenvalue weighted by atomic mass is 35.5. The molecule has 0 unspecified atom stereocenters. The van der Waals surface area contributed by atoms with E-state index in [0.29, 0.717) is 46.8 Å². The lowest BCUT2D eigenvalue weighted by atomic mass is 10.0. The number of methoxy groups -OCH3 is 1. The Balaban J connectivity index is 1.32. The molecule has 2 aliphatic heterocycles. The van der Waals surface area contributed by atoms with Gasteiger partial charge in [0.15, 0.2) is 0 Å². The summed E-state index contributed by atoms with van der Waals surface area (Å²) in [7, 11) is 1.58. The van der Waals surface area contributed by atoms with Crippen LogP contribution in [0.25, 0.3) is 11.3 Å². The van der Waals surface area contributed by atoms with Gasteiger partial charge in [0.1, 0.15) is 11.8 Å². The van der Waals surface area contributed by atoms with E-state index >= 15 is 0 Å². The fourth-order valence-corrected chi connectivity index (χ4v) is 5.21. The maximum atomic E-state index is 13.5. The molecule has 210 valence electrons. The van der Waals surface area contributed by atoms with E-state index < -0.39 is 18.6 Å². The Morgan fingerprint density at radius 2 is 2.05 bits per heavy atom. The van der Waals surface area contributed by atoms with Crippen molar-refractivity contribution in [1.82, 2.24) is 20.2 Å². The van der Waals surface area contributed by atoms with Crippen molar-refractivity contribution in [2.75, 3.05) is 32.2 Å². The molecule has 0 aliphatic carbocycles. The highest BCUT2D eigenvalue weighted by Crippen LogP contribution is 2.32. The van der Waals surface area contributed by atoms with E-state index in [-0.39, 0.29) is 24.5 Å². The highest BCUT2D eigenvalue weighted by molar-refractivity contribution is 6.33. The lowest BCUT2D eigenvalue weighted by Crippen LogP contribution is -2.49. The van der Waals surface area contributed by atoms with Gasteiger partial charge in [0, 0.05) is 36.9 Å². The maximum absolute atomic E-state index is 13.5. The summed E-state index contributed by atoms with van der Waals surface area (Å²) in [6.07, 6.45) is 3.27. The molecule has 3 aromatic rings. The van der Waals surface area contributed by atoms with E-state index in [1.165, 1.54) is 4.90 Å². The second-order valence-corrected chi connectivity index (χ2v) is 10.3. The molecule has 5 rings (SSSR count). The van der Waals surface area contributed by atoms with Crippen LogP contribution in [0.3, 0.4) is 0 Å². The number of carbonyl (C=O) groups is 2. The van der Waals surface area contributed by atoms with Crippen LogP contribution in [0.15, 0.2) is 48.7 Å². The zero-order chi connectivity index (χ0) is 28.2. The number of fused-ring (bicyclic) bond motifs is 1. The normalized spacial score (nSPS) is 16.8. The van der Waals surface area contributed by atoms with Gasteiger partial charge in [-0.25, -0.2) is 9.97 Å². The molecule has 2 aliphatic rings. The Kier molecular flexibility index (Phi) is 8.49. The number of hydrogen-bond acceptors (Lipinski definition) is 8. The Bertz CT molecular complexity index is 1400. The zero-order valence-electron chi connectivity index (χ0n) is 22.4. The van der Waals surface area contributed by atoms with Crippen LogP contribution in [0, 0.1) is 0 Å². The summed E-state index contributed by atoms with van der Waals surface area (Å²) in [6, 6.07) is 11.6. The third-order valence-corrected chi connectivity index (χ3v) is 7.59. The second-order valence-electron chi connectivity index (χ2n) is 9.93. The summed E-state index contributed by atoms with van der Waals surface area (Å²) >= 11 is 6.46.